The second-order valence-electron chi connectivity index (χ2n) is 21.5. The Balaban J connectivity index is 3.37. The van der Waals surface area contributed by atoms with Gasteiger partial charge in [0.2, 0.25) is 5.91 Å². The normalized spacial score (nSPS) is 12.9. The van der Waals surface area contributed by atoms with Gasteiger partial charge in [0.1, 0.15) is 0 Å². The quantitative estimate of drug-likeness (QED) is 0.0420. The summed E-state index contributed by atoms with van der Waals surface area (Å²) in [5, 5.41) is 23.1. The minimum Gasteiger partial charge on any atom is -0.394 e. The van der Waals surface area contributed by atoms with Crippen molar-refractivity contribution < 1.29 is 15.0 Å². The van der Waals surface area contributed by atoms with Crippen LogP contribution in [0.25, 0.3) is 0 Å². The van der Waals surface area contributed by atoms with Crippen molar-refractivity contribution in [1.29, 1.82) is 0 Å². The highest BCUT2D eigenvalue weighted by Gasteiger charge is 2.18. The molecule has 0 aromatic heterocycles. The zero-order valence-corrected chi connectivity index (χ0v) is 46.4. The summed E-state index contributed by atoms with van der Waals surface area (Å²) in [4.78, 5) is 12.5. The summed E-state index contributed by atoms with van der Waals surface area (Å²) >= 11 is 0. The van der Waals surface area contributed by atoms with E-state index in [1.165, 1.54) is 295 Å². The van der Waals surface area contributed by atoms with Crippen LogP contribution < -0.4 is 5.32 Å². The zero-order chi connectivity index (χ0) is 49.2. The van der Waals surface area contributed by atoms with Crippen molar-refractivity contribution in [3.05, 3.63) is 36.5 Å². The molecule has 0 rings (SSSR count). The highest BCUT2D eigenvalue weighted by atomic mass is 16.3. The van der Waals surface area contributed by atoms with Crippen LogP contribution in [0.4, 0.5) is 0 Å². The molecule has 1 amide bonds. The van der Waals surface area contributed by atoms with Gasteiger partial charge in [-0.3, -0.25) is 4.79 Å². The average Bonchev–Trinajstić information content (AvgIpc) is 3.34. The number of amides is 1. The lowest BCUT2D eigenvalue weighted by Crippen LogP contribution is -2.45. The van der Waals surface area contributed by atoms with Crippen LogP contribution in [0.2, 0.25) is 0 Å². The third-order valence-corrected chi connectivity index (χ3v) is 14.6. The Morgan fingerprint density at radius 1 is 0.338 bits per heavy atom. The van der Waals surface area contributed by atoms with Crippen molar-refractivity contribution in [3.8, 4) is 0 Å². The molecule has 2 atom stereocenters. The van der Waals surface area contributed by atoms with Crippen LogP contribution in [0.1, 0.15) is 348 Å². The molecule has 0 aromatic rings. The van der Waals surface area contributed by atoms with Gasteiger partial charge in [0.15, 0.2) is 0 Å². The molecular formula is C64H123NO3. The van der Waals surface area contributed by atoms with Gasteiger partial charge in [-0.05, 0) is 57.8 Å². The van der Waals surface area contributed by atoms with E-state index in [0.29, 0.717) is 6.42 Å². The molecule has 2 unspecified atom stereocenters. The van der Waals surface area contributed by atoms with E-state index >= 15 is 0 Å². The summed E-state index contributed by atoms with van der Waals surface area (Å²) in [6.45, 7) is 4.32. The van der Waals surface area contributed by atoms with E-state index in [1.54, 1.807) is 6.08 Å². The molecule has 0 aliphatic rings. The summed E-state index contributed by atoms with van der Waals surface area (Å²) in [6, 6.07) is -0.636. The van der Waals surface area contributed by atoms with Gasteiger partial charge in [0.05, 0.1) is 18.8 Å². The average molecular weight is 955 g/mol. The third kappa shape index (κ3) is 55.5. The molecule has 4 nitrogen and oxygen atoms in total. The molecule has 4 heteroatoms. The maximum atomic E-state index is 12.5. The molecular weight excluding hydrogens is 831 g/mol. The Kier molecular flexibility index (Phi) is 58.7. The van der Waals surface area contributed by atoms with E-state index in [-0.39, 0.29) is 12.5 Å². The monoisotopic (exact) mass is 954 g/mol. The molecule has 0 saturated carbocycles. The third-order valence-electron chi connectivity index (χ3n) is 14.6. The zero-order valence-electron chi connectivity index (χ0n) is 46.4. The Bertz CT molecular complexity index is 1040. The standard InChI is InChI=1S/C64H123NO3/c1-3-5-7-9-11-13-15-17-19-20-21-22-23-24-25-26-27-28-29-30-31-32-33-34-35-36-37-38-39-40-41-42-43-44-46-48-50-52-54-56-58-60-64(68)65-62(61-66)63(67)59-57-55-53-51-49-47-45-18-16-14-12-10-8-6-4-2/h20-21,49,51,57,59,62-63,66-67H,3-19,22-48,50,52-56,58,60-61H2,1-2H3,(H,65,68)/b21-20-,51-49+,59-57+. The van der Waals surface area contributed by atoms with Crippen molar-refractivity contribution in [2.45, 2.75) is 360 Å². The van der Waals surface area contributed by atoms with Crippen LogP contribution in [-0.2, 0) is 4.79 Å². The Hall–Kier alpha value is -1.39. The van der Waals surface area contributed by atoms with Gasteiger partial charge >= 0.3 is 0 Å². The Labute approximate surface area is 427 Å². The lowest BCUT2D eigenvalue weighted by Gasteiger charge is -2.19. The van der Waals surface area contributed by atoms with Gasteiger partial charge in [-0.15, -0.1) is 0 Å². The highest BCUT2D eigenvalue weighted by Crippen LogP contribution is 2.18. The van der Waals surface area contributed by atoms with Crippen molar-refractivity contribution >= 4 is 5.91 Å². The first-order valence-corrected chi connectivity index (χ1v) is 31.2. The number of nitrogens with one attached hydrogen (secondary N) is 1. The minimum atomic E-state index is -0.860. The molecule has 0 saturated heterocycles. The number of rotatable bonds is 58. The highest BCUT2D eigenvalue weighted by molar-refractivity contribution is 5.76. The molecule has 0 bridgehead atoms. The molecule has 0 aliphatic carbocycles. The fourth-order valence-electron chi connectivity index (χ4n) is 9.84. The molecule has 0 heterocycles. The number of carbonyl (C=O) groups excluding carboxylic acids is 1. The van der Waals surface area contributed by atoms with Crippen molar-refractivity contribution in [2.75, 3.05) is 6.61 Å². The number of carbonyl (C=O) groups is 1. The van der Waals surface area contributed by atoms with Crippen molar-refractivity contribution in [3.63, 3.8) is 0 Å². The summed E-state index contributed by atoms with van der Waals surface area (Å²) < 4.78 is 0. The lowest BCUT2D eigenvalue weighted by molar-refractivity contribution is -0.123. The van der Waals surface area contributed by atoms with Crippen LogP contribution in [0.15, 0.2) is 36.5 Å². The smallest absolute Gasteiger partial charge is 0.220 e. The molecule has 0 fully saturated rings. The molecule has 0 aliphatic heterocycles. The number of hydrogen-bond acceptors (Lipinski definition) is 3. The molecule has 0 spiro atoms. The first-order chi connectivity index (χ1) is 33.7. The number of hydrogen-bond donors (Lipinski definition) is 3. The van der Waals surface area contributed by atoms with Crippen LogP contribution in [0.5, 0.6) is 0 Å². The fourth-order valence-corrected chi connectivity index (χ4v) is 9.84. The van der Waals surface area contributed by atoms with E-state index in [1.807, 2.05) is 6.08 Å². The SMILES string of the molecule is CCCCCCCCCC/C=C\CCCCCCCCCCCCCCCCCCCCCCCCCCCCCCCC(=O)NC(CO)C(O)/C=C/CC/C=C/CCCCCCCCCCC. The number of allylic oxidation sites excluding steroid dienone is 5. The van der Waals surface area contributed by atoms with E-state index in [0.717, 1.165) is 32.1 Å². The van der Waals surface area contributed by atoms with E-state index in [2.05, 4.69) is 43.5 Å². The Morgan fingerprint density at radius 2 is 0.574 bits per heavy atom. The summed E-state index contributed by atoms with van der Waals surface area (Å²) in [7, 11) is 0. The molecule has 68 heavy (non-hydrogen) atoms. The van der Waals surface area contributed by atoms with Gasteiger partial charge in [-0.25, -0.2) is 0 Å². The second kappa shape index (κ2) is 59.9. The predicted octanol–water partition coefficient (Wildman–Crippen LogP) is 20.8. The molecule has 3 N–H and O–H groups in total. The van der Waals surface area contributed by atoms with Gasteiger partial charge in [-0.1, -0.05) is 320 Å². The van der Waals surface area contributed by atoms with Crippen LogP contribution in [0.3, 0.4) is 0 Å². The molecule has 0 aromatic carbocycles. The maximum Gasteiger partial charge on any atom is 0.220 e. The maximum absolute atomic E-state index is 12.5. The predicted molar refractivity (Wildman–Crippen MR) is 304 cm³/mol. The van der Waals surface area contributed by atoms with E-state index in [9.17, 15) is 15.0 Å². The van der Waals surface area contributed by atoms with Crippen molar-refractivity contribution in [1.82, 2.24) is 5.32 Å². The lowest BCUT2D eigenvalue weighted by atomic mass is 10.0. The van der Waals surface area contributed by atoms with Gasteiger partial charge in [-0.2, -0.15) is 0 Å². The van der Waals surface area contributed by atoms with Gasteiger partial charge in [0.25, 0.3) is 0 Å². The van der Waals surface area contributed by atoms with Crippen LogP contribution in [-0.4, -0.2) is 34.9 Å². The first-order valence-electron chi connectivity index (χ1n) is 31.2. The summed E-state index contributed by atoms with van der Waals surface area (Å²) in [6.07, 6.45) is 82.2. The fraction of sp³-hybridized carbons (Fsp3) is 0.891. The topological polar surface area (TPSA) is 69.6 Å². The van der Waals surface area contributed by atoms with Crippen LogP contribution in [0, 0.1) is 0 Å². The number of aliphatic hydroxyl groups excluding tert-OH is 2. The largest absolute Gasteiger partial charge is 0.394 e. The van der Waals surface area contributed by atoms with E-state index in [4.69, 9.17) is 0 Å². The summed E-state index contributed by atoms with van der Waals surface area (Å²) in [5.41, 5.74) is 0. The number of unbranched alkanes of at least 4 members (excludes halogenated alkanes) is 47. The second-order valence-corrected chi connectivity index (χ2v) is 21.5. The first kappa shape index (κ1) is 66.6. The van der Waals surface area contributed by atoms with Gasteiger partial charge < -0.3 is 15.5 Å². The van der Waals surface area contributed by atoms with E-state index < -0.39 is 12.1 Å². The van der Waals surface area contributed by atoms with Gasteiger partial charge in [0, 0.05) is 6.42 Å². The minimum absolute atomic E-state index is 0.0678. The van der Waals surface area contributed by atoms with Crippen molar-refractivity contribution in [2.24, 2.45) is 0 Å². The Morgan fingerprint density at radius 3 is 0.853 bits per heavy atom. The molecule has 402 valence electrons. The summed E-state index contributed by atoms with van der Waals surface area (Å²) in [5.74, 6) is -0.0678. The number of aliphatic hydroxyl groups is 2. The molecule has 0 radical (unpaired) electrons. The van der Waals surface area contributed by atoms with Crippen LogP contribution >= 0.6 is 0 Å².